The molecule has 0 saturated heterocycles. The molecule has 108 valence electrons. The van der Waals surface area contributed by atoms with Crippen LogP contribution >= 0.6 is 11.3 Å². The van der Waals surface area contributed by atoms with Gasteiger partial charge < -0.3 is 9.64 Å². The first kappa shape index (κ1) is 15.0. The Kier molecular flexibility index (Phi) is 4.16. The van der Waals surface area contributed by atoms with Crippen molar-refractivity contribution in [2.75, 3.05) is 14.1 Å². The number of ether oxygens (including phenoxy) is 1. The molecule has 0 aliphatic heterocycles. The van der Waals surface area contributed by atoms with Crippen LogP contribution in [0.1, 0.15) is 36.0 Å². The average Bonchev–Trinajstić information content (AvgIpc) is 2.66. The van der Waals surface area contributed by atoms with Crippen LogP contribution in [0.4, 0.5) is 0 Å². The second kappa shape index (κ2) is 5.54. The Morgan fingerprint density at radius 2 is 1.90 bits per heavy atom. The van der Waals surface area contributed by atoms with Crippen molar-refractivity contribution in [3.63, 3.8) is 0 Å². The van der Waals surface area contributed by atoms with Crippen LogP contribution in [0.25, 0.3) is 10.1 Å². The Balaban J connectivity index is 2.48. The van der Waals surface area contributed by atoms with Gasteiger partial charge in [0.15, 0.2) is 0 Å². The van der Waals surface area contributed by atoms with Gasteiger partial charge in [0.1, 0.15) is 10.5 Å². The van der Waals surface area contributed by atoms with E-state index < -0.39 is 5.60 Å². The van der Waals surface area contributed by atoms with Crippen LogP contribution in [0, 0.1) is 0 Å². The third-order valence-electron chi connectivity index (χ3n) is 2.76. The predicted molar refractivity (Wildman–Crippen MR) is 84.4 cm³/mol. The number of fused-ring (bicyclic) bond motifs is 1. The van der Waals surface area contributed by atoms with Crippen LogP contribution in [-0.4, -0.2) is 30.6 Å². The molecule has 0 fully saturated rings. The summed E-state index contributed by atoms with van der Waals surface area (Å²) in [4.78, 5) is 15.2. The highest BCUT2D eigenvalue weighted by Gasteiger charge is 2.24. The molecule has 0 unspecified atom stereocenters. The van der Waals surface area contributed by atoms with E-state index in [9.17, 15) is 4.79 Å². The van der Waals surface area contributed by atoms with E-state index in [1.54, 1.807) is 0 Å². The summed E-state index contributed by atoms with van der Waals surface area (Å²) >= 11 is 1.51. The normalized spacial score (nSPS) is 12.1. The zero-order valence-corrected chi connectivity index (χ0v) is 13.5. The largest absolute Gasteiger partial charge is 0.456 e. The van der Waals surface area contributed by atoms with E-state index in [-0.39, 0.29) is 5.97 Å². The SMILES string of the molecule is CN(C)Cc1c(C(=O)OC(C)(C)C)sc2ccccc12. The Hall–Kier alpha value is -1.39. The lowest BCUT2D eigenvalue weighted by molar-refractivity contribution is 0.00738. The molecule has 0 aliphatic carbocycles. The standard InChI is InChI=1S/C16H21NO2S/c1-16(2,3)19-15(18)14-12(10-17(4)5)11-8-6-7-9-13(11)20-14/h6-9H,10H2,1-5H3. The van der Waals surface area contributed by atoms with Crippen LogP contribution in [0.3, 0.4) is 0 Å². The van der Waals surface area contributed by atoms with Crippen molar-refractivity contribution in [3.8, 4) is 0 Å². The first-order valence-electron chi connectivity index (χ1n) is 6.66. The molecule has 0 atom stereocenters. The van der Waals surface area contributed by atoms with E-state index in [4.69, 9.17) is 4.74 Å². The number of hydrogen-bond acceptors (Lipinski definition) is 4. The van der Waals surface area contributed by atoms with Gasteiger partial charge in [0, 0.05) is 11.2 Å². The number of benzene rings is 1. The predicted octanol–water partition coefficient (Wildman–Crippen LogP) is 3.92. The molecule has 0 saturated carbocycles. The molecule has 20 heavy (non-hydrogen) atoms. The highest BCUT2D eigenvalue weighted by Crippen LogP contribution is 2.33. The van der Waals surface area contributed by atoms with Gasteiger partial charge in [-0.1, -0.05) is 18.2 Å². The molecule has 0 aliphatic rings. The molecule has 1 aromatic heterocycles. The number of thiophene rings is 1. The fraction of sp³-hybridized carbons (Fsp3) is 0.438. The Morgan fingerprint density at radius 1 is 1.25 bits per heavy atom. The van der Waals surface area contributed by atoms with Crippen molar-refractivity contribution < 1.29 is 9.53 Å². The van der Waals surface area contributed by atoms with E-state index in [2.05, 4.69) is 11.0 Å². The second-order valence-electron chi connectivity index (χ2n) is 6.15. The van der Waals surface area contributed by atoms with Gasteiger partial charge in [-0.3, -0.25) is 0 Å². The van der Waals surface area contributed by atoms with Crippen molar-refractivity contribution in [3.05, 3.63) is 34.7 Å². The zero-order chi connectivity index (χ0) is 14.9. The fourth-order valence-electron chi connectivity index (χ4n) is 2.06. The van der Waals surface area contributed by atoms with Crippen molar-refractivity contribution >= 4 is 27.4 Å². The van der Waals surface area contributed by atoms with E-state index in [0.717, 1.165) is 27.1 Å². The first-order chi connectivity index (χ1) is 9.28. The van der Waals surface area contributed by atoms with Crippen molar-refractivity contribution in [1.82, 2.24) is 4.90 Å². The van der Waals surface area contributed by atoms with E-state index in [0.29, 0.717) is 0 Å². The number of hydrogen-bond donors (Lipinski definition) is 0. The number of carbonyl (C=O) groups is 1. The maximum absolute atomic E-state index is 12.4. The molecule has 1 aromatic carbocycles. The van der Waals surface area contributed by atoms with Crippen LogP contribution in [0.2, 0.25) is 0 Å². The summed E-state index contributed by atoms with van der Waals surface area (Å²) in [5.74, 6) is -0.226. The Bertz CT molecular complexity index is 623. The Morgan fingerprint density at radius 3 is 2.50 bits per heavy atom. The van der Waals surface area contributed by atoms with Crippen LogP contribution in [0.5, 0.6) is 0 Å². The van der Waals surface area contributed by atoms with Gasteiger partial charge in [-0.15, -0.1) is 11.3 Å². The van der Waals surface area contributed by atoms with Crippen molar-refractivity contribution in [2.45, 2.75) is 32.9 Å². The third kappa shape index (κ3) is 3.38. The summed E-state index contributed by atoms with van der Waals surface area (Å²) in [7, 11) is 4.01. The molecule has 1 heterocycles. The van der Waals surface area contributed by atoms with Gasteiger partial charge in [0.2, 0.25) is 0 Å². The first-order valence-corrected chi connectivity index (χ1v) is 7.48. The van der Waals surface area contributed by atoms with Crippen LogP contribution < -0.4 is 0 Å². The third-order valence-corrected chi connectivity index (χ3v) is 3.95. The highest BCUT2D eigenvalue weighted by atomic mass is 32.1. The summed E-state index contributed by atoms with van der Waals surface area (Å²) < 4.78 is 6.66. The Labute approximate surface area is 124 Å². The van der Waals surface area contributed by atoms with Gasteiger partial charge in [0.05, 0.1) is 0 Å². The molecule has 0 radical (unpaired) electrons. The molecular weight excluding hydrogens is 270 g/mol. The number of rotatable bonds is 3. The highest BCUT2D eigenvalue weighted by molar-refractivity contribution is 7.21. The zero-order valence-electron chi connectivity index (χ0n) is 12.7. The smallest absolute Gasteiger partial charge is 0.349 e. The average molecular weight is 291 g/mol. The van der Waals surface area contributed by atoms with Gasteiger partial charge >= 0.3 is 5.97 Å². The lowest BCUT2D eigenvalue weighted by Crippen LogP contribution is -2.24. The summed E-state index contributed by atoms with van der Waals surface area (Å²) in [6.45, 7) is 6.41. The molecule has 2 rings (SSSR count). The van der Waals surface area contributed by atoms with Gasteiger partial charge in [-0.2, -0.15) is 0 Å². The van der Waals surface area contributed by atoms with Crippen molar-refractivity contribution in [2.24, 2.45) is 0 Å². The molecule has 0 spiro atoms. The monoisotopic (exact) mass is 291 g/mol. The quantitative estimate of drug-likeness (QED) is 0.803. The minimum Gasteiger partial charge on any atom is -0.456 e. The number of carbonyl (C=O) groups excluding carboxylic acids is 1. The van der Waals surface area contributed by atoms with Crippen LogP contribution in [-0.2, 0) is 11.3 Å². The van der Waals surface area contributed by atoms with Gasteiger partial charge in [0.25, 0.3) is 0 Å². The van der Waals surface area contributed by atoms with E-state index >= 15 is 0 Å². The van der Waals surface area contributed by atoms with Crippen LogP contribution in [0.15, 0.2) is 24.3 Å². The minimum atomic E-state index is -0.470. The minimum absolute atomic E-state index is 0.226. The molecule has 4 heteroatoms. The molecule has 3 nitrogen and oxygen atoms in total. The number of esters is 1. The summed E-state index contributed by atoms with van der Waals surface area (Å²) in [5, 5.41) is 1.15. The molecule has 0 amide bonds. The lowest BCUT2D eigenvalue weighted by Gasteiger charge is -2.19. The molecule has 0 bridgehead atoms. The summed E-state index contributed by atoms with van der Waals surface area (Å²) in [6.07, 6.45) is 0. The second-order valence-corrected chi connectivity index (χ2v) is 7.20. The molecule has 0 N–H and O–H groups in total. The number of nitrogens with zero attached hydrogens (tertiary/aromatic N) is 1. The topological polar surface area (TPSA) is 29.5 Å². The van der Waals surface area contributed by atoms with Crippen molar-refractivity contribution in [1.29, 1.82) is 0 Å². The van der Waals surface area contributed by atoms with Gasteiger partial charge in [-0.05, 0) is 51.9 Å². The van der Waals surface area contributed by atoms with E-state index in [1.165, 1.54) is 11.3 Å². The maximum atomic E-state index is 12.4. The fourth-order valence-corrected chi connectivity index (χ4v) is 3.15. The van der Waals surface area contributed by atoms with Gasteiger partial charge in [-0.25, -0.2) is 4.79 Å². The summed E-state index contributed by atoms with van der Waals surface area (Å²) in [5.41, 5.74) is 0.590. The maximum Gasteiger partial charge on any atom is 0.349 e. The summed E-state index contributed by atoms with van der Waals surface area (Å²) in [6, 6.07) is 8.12. The molecule has 2 aromatic rings. The molecular formula is C16H21NO2S. The van der Waals surface area contributed by atoms with E-state index in [1.807, 2.05) is 53.1 Å². The lowest BCUT2D eigenvalue weighted by atomic mass is 10.1.